The Morgan fingerprint density at radius 2 is 2.15 bits per heavy atom. The van der Waals surface area contributed by atoms with Gasteiger partial charge >= 0.3 is 6.09 Å². The lowest BCUT2D eigenvalue weighted by molar-refractivity contribution is 0.0481. The number of amides is 1. The van der Waals surface area contributed by atoms with Crippen LogP contribution in [0.2, 0.25) is 0 Å². The highest BCUT2D eigenvalue weighted by molar-refractivity contribution is 5.68. The molecule has 1 aromatic rings. The first kappa shape index (κ1) is 14.5. The molecule has 1 N–H and O–H groups in total. The molecule has 0 saturated carbocycles. The van der Waals surface area contributed by atoms with Crippen molar-refractivity contribution in [1.82, 2.24) is 5.32 Å². The number of alkyl carbamates (subject to hydrolysis) is 1. The molecule has 0 spiro atoms. The zero-order chi connectivity index (χ0) is 14.8. The van der Waals surface area contributed by atoms with E-state index in [4.69, 9.17) is 14.2 Å². The summed E-state index contributed by atoms with van der Waals surface area (Å²) in [5, 5.41) is 2.83. The van der Waals surface area contributed by atoms with Crippen molar-refractivity contribution in [3.8, 4) is 11.5 Å². The molecule has 0 aromatic heterocycles. The van der Waals surface area contributed by atoms with Gasteiger partial charge in [-0.15, -0.1) is 0 Å². The third-order valence-electron chi connectivity index (χ3n) is 2.92. The van der Waals surface area contributed by atoms with Gasteiger partial charge in [0.05, 0.1) is 13.2 Å². The molecule has 2 rings (SSSR count). The van der Waals surface area contributed by atoms with E-state index in [2.05, 4.69) is 5.32 Å². The lowest BCUT2D eigenvalue weighted by Gasteiger charge is -2.28. The minimum atomic E-state index is -0.505. The minimum absolute atomic E-state index is 0.117. The topological polar surface area (TPSA) is 56.8 Å². The largest absolute Gasteiger partial charge is 0.496 e. The van der Waals surface area contributed by atoms with Crippen molar-refractivity contribution >= 4 is 6.09 Å². The highest BCUT2D eigenvalue weighted by atomic mass is 16.6. The molecule has 1 heterocycles. The summed E-state index contributed by atoms with van der Waals surface area (Å²) >= 11 is 0. The van der Waals surface area contributed by atoms with Crippen LogP contribution in [-0.4, -0.2) is 31.5 Å². The second-order valence-corrected chi connectivity index (χ2v) is 5.80. The number of ether oxygens (including phenoxy) is 3. The van der Waals surface area contributed by atoms with E-state index in [1.807, 2.05) is 39.0 Å². The first-order chi connectivity index (χ1) is 9.39. The molecule has 1 aliphatic rings. The summed E-state index contributed by atoms with van der Waals surface area (Å²) in [4.78, 5) is 11.8. The second kappa shape index (κ2) is 5.61. The fourth-order valence-corrected chi connectivity index (χ4v) is 2.14. The van der Waals surface area contributed by atoms with E-state index in [-0.39, 0.29) is 6.04 Å². The van der Waals surface area contributed by atoms with Crippen molar-refractivity contribution in [3.63, 3.8) is 0 Å². The van der Waals surface area contributed by atoms with Crippen LogP contribution in [0.1, 0.15) is 26.3 Å². The Balaban J connectivity index is 2.02. The van der Waals surface area contributed by atoms with Gasteiger partial charge in [0, 0.05) is 12.0 Å². The highest BCUT2D eigenvalue weighted by Crippen LogP contribution is 2.32. The van der Waals surface area contributed by atoms with Crippen molar-refractivity contribution in [1.29, 1.82) is 0 Å². The quantitative estimate of drug-likeness (QED) is 0.903. The van der Waals surface area contributed by atoms with E-state index in [9.17, 15) is 4.79 Å². The van der Waals surface area contributed by atoms with Crippen molar-refractivity contribution in [2.45, 2.75) is 38.8 Å². The number of rotatable bonds is 2. The van der Waals surface area contributed by atoms with E-state index < -0.39 is 11.7 Å². The molecule has 0 radical (unpaired) electrons. The lowest BCUT2D eigenvalue weighted by Crippen LogP contribution is -2.45. The van der Waals surface area contributed by atoms with Gasteiger partial charge < -0.3 is 19.5 Å². The molecule has 1 atom stereocenters. The molecule has 1 amide bonds. The van der Waals surface area contributed by atoms with Gasteiger partial charge in [0.2, 0.25) is 0 Å². The standard InChI is InChI=1S/C15H21NO4/c1-15(2,3)20-14(17)16-10-8-11-12(18-4)6-5-7-13(11)19-9-10/h5-7,10H,8-9H2,1-4H3,(H,16,17). The summed E-state index contributed by atoms with van der Waals surface area (Å²) in [5.74, 6) is 1.59. The Morgan fingerprint density at radius 3 is 2.80 bits per heavy atom. The summed E-state index contributed by atoms with van der Waals surface area (Å²) in [6, 6.07) is 5.56. The van der Waals surface area contributed by atoms with Crippen LogP contribution >= 0.6 is 0 Å². The predicted octanol–water partition coefficient (Wildman–Crippen LogP) is 2.52. The van der Waals surface area contributed by atoms with E-state index in [0.29, 0.717) is 13.0 Å². The number of carbonyl (C=O) groups is 1. The lowest BCUT2D eigenvalue weighted by atomic mass is 10.0. The van der Waals surface area contributed by atoms with Crippen molar-refractivity contribution in [2.75, 3.05) is 13.7 Å². The fourth-order valence-electron chi connectivity index (χ4n) is 2.14. The van der Waals surface area contributed by atoms with Gasteiger partial charge in [0.15, 0.2) is 0 Å². The molecule has 0 aliphatic carbocycles. The fraction of sp³-hybridized carbons (Fsp3) is 0.533. The van der Waals surface area contributed by atoms with E-state index >= 15 is 0 Å². The Hall–Kier alpha value is -1.91. The Bertz CT molecular complexity index is 479. The number of nitrogens with one attached hydrogen (secondary N) is 1. The molecular weight excluding hydrogens is 258 g/mol. The molecule has 5 heteroatoms. The normalized spacial score (nSPS) is 17.7. The van der Waals surface area contributed by atoms with Crippen LogP contribution in [0.4, 0.5) is 4.79 Å². The molecule has 0 bridgehead atoms. The summed E-state index contributed by atoms with van der Waals surface area (Å²) < 4.78 is 16.2. The Labute approximate surface area is 119 Å². The van der Waals surface area contributed by atoms with Crippen molar-refractivity contribution in [3.05, 3.63) is 23.8 Å². The van der Waals surface area contributed by atoms with Crippen LogP contribution in [0.25, 0.3) is 0 Å². The van der Waals surface area contributed by atoms with E-state index in [1.165, 1.54) is 0 Å². The van der Waals surface area contributed by atoms with Crippen LogP contribution in [0.5, 0.6) is 11.5 Å². The van der Waals surface area contributed by atoms with Gasteiger partial charge in [-0.05, 0) is 32.9 Å². The number of hydrogen-bond donors (Lipinski definition) is 1. The van der Waals surface area contributed by atoms with Crippen LogP contribution in [-0.2, 0) is 11.2 Å². The monoisotopic (exact) mass is 279 g/mol. The maximum atomic E-state index is 11.8. The SMILES string of the molecule is COc1cccc2c1CC(NC(=O)OC(C)(C)C)CO2. The number of methoxy groups -OCH3 is 1. The van der Waals surface area contributed by atoms with E-state index in [1.54, 1.807) is 7.11 Å². The van der Waals surface area contributed by atoms with Crippen LogP contribution < -0.4 is 14.8 Å². The number of hydrogen-bond acceptors (Lipinski definition) is 4. The molecular formula is C15H21NO4. The average Bonchev–Trinajstić information content (AvgIpc) is 2.35. The second-order valence-electron chi connectivity index (χ2n) is 5.80. The summed E-state index contributed by atoms with van der Waals surface area (Å²) in [7, 11) is 1.63. The van der Waals surface area contributed by atoms with Crippen LogP contribution in [0.3, 0.4) is 0 Å². The molecule has 1 aromatic carbocycles. The van der Waals surface area contributed by atoms with E-state index in [0.717, 1.165) is 17.1 Å². The van der Waals surface area contributed by atoms with Crippen molar-refractivity contribution < 1.29 is 19.0 Å². The predicted molar refractivity (Wildman–Crippen MR) is 75.4 cm³/mol. The van der Waals surface area contributed by atoms with Gasteiger partial charge in [-0.2, -0.15) is 0 Å². The Morgan fingerprint density at radius 1 is 1.40 bits per heavy atom. The zero-order valence-electron chi connectivity index (χ0n) is 12.4. The molecule has 0 saturated heterocycles. The number of carbonyl (C=O) groups excluding carboxylic acids is 1. The molecule has 1 unspecified atom stereocenters. The third kappa shape index (κ3) is 3.56. The smallest absolute Gasteiger partial charge is 0.408 e. The van der Waals surface area contributed by atoms with Gasteiger partial charge in [0.1, 0.15) is 23.7 Å². The zero-order valence-corrected chi connectivity index (χ0v) is 12.4. The maximum absolute atomic E-state index is 11.8. The molecule has 20 heavy (non-hydrogen) atoms. The van der Waals surface area contributed by atoms with Gasteiger partial charge in [0.25, 0.3) is 0 Å². The van der Waals surface area contributed by atoms with Gasteiger partial charge in [-0.25, -0.2) is 4.79 Å². The minimum Gasteiger partial charge on any atom is -0.496 e. The summed E-state index contributed by atoms with van der Waals surface area (Å²) in [6.07, 6.45) is 0.239. The van der Waals surface area contributed by atoms with Gasteiger partial charge in [-0.1, -0.05) is 6.07 Å². The Kier molecular flexibility index (Phi) is 4.06. The number of benzene rings is 1. The molecule has 0 fully saturated rings. The highest BCUT2D eigenvalue weighted by Gasteiger charge is 2.26. The summed E-state index contributed by atoms with van der Waals surface area (Å²) in [5.41, 5.74) is 0.470. The average molecular weight is 279 g/mol. The molecule has 1 aliphatic heterocycles. The molecule has 5 nitrogen and oxygen atoms in total. The molecule has 110 valence electrons. The van der Waals surface area contributed by atoms with Crippen molar-refractivity contribution in [2.24, 2.45) is 0 Å². The first-order valence-corrected chi connectivity index (χ1v) is 6.67. The number of fused-ring (bicyclic) bond motifs is 1. The maximum Gasteiger partial charge on any atom is 0.408 e. The van der Waals surface area contributed by atoms with Crippen LogP contribution in [0, 0.1) is 0 Å². The van der Waals surface area contributed by atoms with Crippen LogP contribution in [0.15, 0.2) is 18.2 Å². The third-order valence-corrected chi connectivity index (χ3v) is 2.92. The van der Waals surface area contributed by atoms with Gasteiger partial charge in [-0.3, -0.25) is 0 Å². The summed E-state index contributed by atoms with van der Waals surface area (Å²) in [6.45, 7) is 5.94. The first-order valence-electron chi connectivity index (χ1n) is 6.67.